The molecule has 122 valence electrons. The number of methoxy groups -OCH3 is 1. The summed E-state index contributed by atoms with van der Waals surface area (Å²) in [5, 5.41) is 4.82. The van der Waals surface area contributed by atoms with Crippen LogP contribution in [0.4, 0.5) is 10.5 Å². The molecular weight excluding hydrogens is 302 g/mol. The Kier molecular flexibility index (Phi) is 5.29. The lowest BCUT2D eigenvalue weighted by atomic mass is 10.1. The lowest BCUT2D eigenvalue weighted by molar-refractivity contribution is -0.120. The van der Waals surface area contributed by atoms with Gasteiger partial charge in [-0.3, -0.25) is 19.8 Å². The van der Waals surface area contributed by atoms with Gasteiger partial charge in [0.15, 0.2) is 0 Å². The Balaban J connectivity index is 2.25. The Labute approximate surface area is 132 Å². The minimum absolute atomic E-state index is 0.171. The number of rotatable bonds is 6. The standard InChI is InChI=1S/C15H17N3O5/c1-23-12-4-3-10(14(21)16-6-2-8-19)9-11(12)18-7-5-13(20)17-15(18)22/h3-4,8-9H,2,5-7H2,1H3,(H,16,21)(H,17,20,22). The molecule has 8 nitrogen and oxygen atoms in total. The summed E-state index contributed by atoms with van der Waals surface area (Å²) < 4.78 is 5.22. The van der Waals surface area contributed by atoms with Crippen LogP contribution in [0.25, 0.3) is 0 Å². The van der Waals surface area contributed by atoms with Crippen LogP contribution >= 0.6 is 0 Å². The summed E-state index contributed by atoms with van der Waals surface area (Å²) in [5.41, 5.74) is 0.733. The number of benzene rings is 1. The van der Waals surface area contributed by atoms with Gasteiger partial charge in [-0.1, -0.05) is 0 Å². The molecular formula is C15H17N3O5. The third kappa shape index (κ3) is 3.85. The molecule has 0 aromatic heterocycles. The summed E-state index contributed by atoms with van der Waals surface area (Å²) >= 11 is 0. The van der Waals surface area contributed by atoms with Crippen LogP contribution in [0.15, 0.2) is 18.2 Å². The maximum absolute atomic E-state index is 12.0. The zero-order chi connectivity index (χ0) is 16.8. The van der Waals surface area contributed by atoms with E-state index in [0.29, 0.717) is 17.0 Å². The second-order valence-corrected chi connectivity index (χ2v) is 4.85. The predicted octanol–water partition coefficient (Wildman–Crippen LogP) is 0.460. The van der Waals surface area contributed by atoms with E-state index in [9.17, 15) is 19.2 Å². The van der Waals surface area contributed by atoms with E-state index in [1.807, 2.05) is 0 Å². The largest absolute Gasteiger partial charge is 0.495 e. The number of aldehydes is 1. The van der Waals surface area contributed by atoms with E-state index in [-0.39, 0.29) is 37.7 Å². The molecule has 0 saturated carbocycles. The second kappa shape index (κ2) is 7.39. The first-order chi connectivity index (χ1) is 11.1. The molecule has 0 aliphatic carbocycles. The van der Waals surface area contributed by atoms with E-state index in [4.69, 9.17) is 4.74 Å². The number of amides is 4. The van der Waals surface area contributed by atoms with Crippen LogP contribution in [-0.2, 0) is 9.59 Å². The molecule has 4 amide bonds. The summed E-state index contributed by atoms with van der Waals surface area (Å²) in [6, 6.07) is 4.10. The number of anilines is 1. The van der Waals surface area contributed by atoms with Crippen LogP contribution in [0.5, 0.6) is 5.75 Å². The minimum Gasteiger partial charge on any atom is -0.495 e. The van der Waals surface area contributed by atoms with Gasteiger partial charge < -0.3 is 14.8 Å². The first-order valence-corrected chi connectivity index (χ1v) is 7.08. The predicted molar refractivity (Wildman–Crippen MR) is 81.5 cm³/mol. The van der Waals surface area contributed by atoms with E-state index in [1.54, 1.807) is 12.1 Å². The fourth-order valence-electron chi connectivity index (χ4n) is 2.18. The van der Waals surface area contributed by atoms with Crippen molar-refractivity contribution < 1.29 is 23.9 Å². The average molecular weight is 319 g/mol. The van der Waals surface area contributed by atoms with E-state index in [2.05, 4.69) is 10.6 Å². The van der Waals surface area contributed by atoms with Crippen molar-refractivity contribution in [2.45, 2.75) is 12.8 Å². The Morgan fingerprint density at radius 1 is 1.43 bits per heavy atom. The average Bonchev–Trinajstić information content (AvgIpc) is 2.54. The highest BCUT2D eigenvalue weighted by atomic mass is 16.5. The van der Waals surface area contributed by atoms with Gasteiger partial charge in [-0.05, 0) is 18.2 Å². The molecule has 0 bridgehead atoms. The second-order valence-electron chi connectivity index (χ2n) is 4.85. The van der Waals surface area contributed by atoms with Gasteiger partial charge in [0.25, 0.3) is 5.91 Å². The van der Waals surface area contributed by atoms with E-state index in [1.165, 1.54) is 18.1 Å². The summed E-state index contributed by atoms with van der Waals surface area (Å²) in [4.78, 5) is 46.9. The molecule has 1 aliphatic rings. The normalized spacial score (nSPS) is 14.2. The number of carbonyl (C=O) groups excluding carboxylic acids is 4. The van der Waals surface area contributed by atoms with Crippen LogP contribution in [0.2, 0.25) is 0 Å². The Morgan fingerprint density at radius 3 is 2.87 bits per heavy atom. The van der Waals surface area contributed by atoms with Gasteiger partial charge in [-0.15, -0.1) is 0 Å². The highest BCUT2D eigenvalue weighted by molar-refractivity contribution is 6.07. The number of nitrogens with one attached hydrogen (secondary N) is 2. The van der Waals surface area contributed by atoms with Crippen LogP contribution in [0.3, 0.4) is 0 Å². The molecule has 0 spiro atoms. The monoisotopic (exact) mass is 319 g/mol. The van der Waals surface area contributed by atoms with Gasteiger partial charge in [0.05, 0.1) is 12.8 Å². The van der Waals surface area contributed by atoms with Crippen molar-refractivity contribution >= 4 is 29.8 Å². The number of nitrogens with zero attached hydrogens (tertiary/aromatic N) is 1. The molecule has 1 heterocycles. The first kappa shape index (κ1) is 16.5. The summed E-state index contributed by atoms with van der Waals surface area (Å²) in [6.07, 6.45) is 1.12. The van der Waals surface area contributed by atoms with E-state index in [0.717, 1.165) is 6.29 Å². The number of hydrogen-bond donors (Lipinski definition) is 2. The molecule has 1 aromatic rings. The van der Waals surface area contributed by atoms with Crippen LogP contribution < -0.4 is 20.3 Å². The Hall–Kier alpha value is -2.90. The highest BCUT2D eigenvalue weighted by Crippen LogP contribution is 2.30. The molecule has 0 unspecified atom stereocenters. The minimum atomic E-state index is -0.557. The van der Waals surface area contributed by atoms with Gasteiger partial charge in [0, 0.05) is 31.5 Å². The van der Waals surface area contributed by atoms with Crippen molar-refractivity contribution in [3.63, 3.8) is 0 Å². The molecule has 8 heteroatoms. The zero-order valence-electron chi connectivity index (χ0n) is 12.6. The van der Waals surface area contributed by atoms with Crippen molar-refractivity contribution in [2.75, 3.05) is 25.1 Å². The molecule has 0 radical (unpaired) electrons. The maximum atomic E-state index is 12.0. The smallest absolute Gasteiger partial charge is 0.328 e. The highest BCUT2D eigenvalue weighted by Gasteiger charge is 2.27. The van der Waals surface area contributed by atoms with Gasteiger partial charge >= 0.3 is 6.03 Å². The van der Waals surface area contributed by atoms with Gasteiger partial charge in [-0.2, -0.15) is 0 Å². The Bertz CT molecular complexity index is 644. The van der Waals surface area contributed by atoms with E-state index >= 15 is 0 Å². The number of carbonyl (C=O) groups is 4. The SMILES string of the molecule is COc1ccc(C(=O)NCCC=O)cc1N1CCC(=O)NC1=O. The van der Waals surface area contributed by atoms with Crippen LogP contribution in [0, 0.1) is 0 Å². The summed E-state index contributed by atoms with van der Waals surface area (Å²) in [7, 11) is 1.45. The fraction of sp³-hybridized carbons (Fsp3) is 0.333. The Morgan fingerprint density at radius 2 is 2.22 bits per heavy atom. The molecule has 1 fully saturated rings. The molecule has 1 aromatic carbocycles. The number of urea groups is 1. The summed E-state index contributed by atoms with van der Waals surface area (Å²) in [6.45, 7) is 0.444. The lowest BCUT2D eigenvalue weighted by Gasteiger charge is -2.28. The molecule has 2 rings (SSSR count). The quantitative estimate of drug-likeness (QED) is 0.585. The van der Waals surface area contributed by atoms with Gasteiger partial charge in [0.1, 0.15) is 12.0 Å². The zero-order valence-corrected chi connectivity index (χ0v) is 12.6. The number of ether oxygens (including phenoxy) is 1. The lowest BCUT2D eigenvalue weighted by Crippen LogP contribution is -2.49. The van der Waals surface area contributed by atoms with E-state index < -0.39 is 6.03 Å². The first-order valence-electron chi connectivity index (χ1n) is 7.08. The third-order valence-corrected chi connectivity index (χ3v) is 3.33. The van der Waals surface area contributed by atoms with Crippen molar-refractivity contribution in [1.82, 2.24) is 10.6 Å². The maximum Gasteiger partial charge on any atom is 0.328 e. The topological polar surface area (TPSA) is 105 Å². The van der Waals surface area contributed by atoms with Crippen molar-refractivity contribution in [3.05, 3.63) is 23.8 Å². The fourth-order valence-corrected chi connectivity index (χ4v) is 2.18. The van der Waals surface area contributed by atoms with Crippen molar-refractivity contribution in [1.29, 1.82) is 0 Å². The number of hydrogen-bond acceptors (Lipinski definition) is 5. The van der Waals surface area contributed by atoms with Crippen LogP contribution in [-0.4, -0.2) is 44.3 Å². The third-order valence-electron chi connectivity index (χ3n) is 3.33. The molecule has 0 atom stereocenters. The molecule has 1 aliphatic heterocycles. The van der Waals surface area contributed by atoms with Gasteiger partial charge in [-0.25, -0.2) is 4.79 Å². The summed E-state index contributed by atoms with van der Waals surface area (Å²) in [5.74, 6) is -0.281. The van der Waals surface area contributed by atoms with Gasteiger partial charge in [0.2, 0.25) is 5.91 Å². The van der Waals surface area contributed by atoms with Crippen molar-refractivity contribution in [3.8, 4) is 5.75 Å². The number of imide groups is 1. The van der Waals surface area contributed by atoms with Crippen molar-refractivity contribution in [2.24, 2.45) is 0 Å². The molecule has 23 heavy (non-hydrogen) atoms. The molecule has 2 N–H and O–H groups in total. The molecule has 1 saturated heterocycles. The van der Waals surface area contributed by atoms with Crippen LogP contribution in [0.1, 0.15) is 23.2 Å².